The van der Waals surface area contributed by atoms with Gasteiger partial charge in [0.15, 0.2) is 12.3 Å². The molecule has 0 fully saturated rings. The van der Waals surface area contributed by atoms with Gasteiger partial charge >= 0.3 is 0 Å². The van der Waals surface area contributed by atoms with Crippen LogP contribution in [0.4, 0.5) is 0 Å². The van der Waals surface area contributed by atoms with Crippen LogP contribution in [0.5, 0.6) is 17.2 Å². The van der Waals surface area contributed by atoms with E-state index in [2.05, 4.69) is 52.5 Å². The van der Waals surface area contributed by atoms with Gasteiger partial charge < -0.3 is 19.3 Å². The van der Waals surface area contributed by atoms with Gasteiger partial charge in [0.1, 0.15) is 22.8 Å². The van der Waals surface area contributed by atoms with Crippen molar-refractivity contribution in [1.82, 2.24) is 0 Å². The van der Waals surface area contributed by atoms with E-state index in [-0.39, 0.29) is 6.73 Å². The first-order valence-corrected chi connectivity index (χ1v) is 14.3. The molecule has 1 N–H and O–H groups in total. The largest absolute Gasteiger partial charge is 0.493 e. The average Bonchev–Trinajstić information content (AvgIpc) is 3.60. The summed E-state index contributed by atoms with van der Waals surface area (Å²) < 4.78 is 18.9. The Hall–Kier alpha value is -5.23. The molecule has 0 radical (unpaired) electrons. The summed E-state index contributed by atoms with van der Waals surface area (Å²) in [7, 11) is 0. The molecule has 0 amide bonds. The predicted octanol–water partition coefficient (Wildman–Crippen LogP) is 8.01. The average molecular weight is 566 g/mol. The lowest BCUT2D eigenvalue weighted by molar-refractivity contribution is 0.105. The van der Waals surface area contributed by atoms with Gasteiger partial charge in [0.05, 0.1) is 6.61 Å². The van der Waals surface area contributed by atoms with Crippen LogP contribution in [0, 0.1) is 0 Å². The van der Waals surface area contributed by atoms with Crippen molar-refractivity contribution >= 4 is 16.8 Å². The van der Waals surface area contributed by atoms with Gasteiger partial charge in [0.2, 0.25) is 0 Å². The number of fused-ring (bicyclic) bond motifs is 9. The summed E-state index contributed by atoms with van der Waals surface area (Å²) in [5, 5.41) is 17.6. The maximum Gasteiger partial charge on any atom is 0.178 e. The fraction of sp³-hybridized carbons (Fsp3) is 0.167. The number of nitrogens with zero attached hydrogens (tertiary/aromatic N) is 3. The van der Waals surface area contributed by atoms with Gasteiger partial charge in [-0.3, -0.25) is 0 Å². The number of benzene rings is 5. The van der Waals surface area contributed by atoms with Crippen molar-refractivity contribution in [3.63, 3.8) is 0 Å². The maximum absolute atomic E-state index is 12.1. The Kier molecular flexibility index (Phi) is 5.57. The zero-order valence-corrected chi connectivity index (χ0v) is 23.4. The SMILES string of the molecule is CC1(O)c2ccccc2-c2c1c1c(c3cc4c(cc23)CCO4)OC(c2ccccc2)(c2ccc(OCN=[N+]=[N-])cc2)C=C1. The Balaban J connectivity index is 1.39. The molecular formula is C36H27N3O4. The zero-order chi connectivity index (χ0) is 29.2. The Labute approximate surface area is 248 Å². The van der Waals surface area contributed by atoms with E-state index in [1.807, 2.05) is 67.6 Å². The Morgan fingerprint density at radius 3 is 2.53 bits per heavy atom. The highest BCUT2D eigenvalue weighted by atomic mass is 16.5. The van der Waals surface area contributed by atoms with Crippen LogP contribution in [0.2, 0.25) is 0 Å². The van der Waals surface area contributed by atoms with Crippen molar-refractivity contribution in [1.29, 1.82) is 0 Å². The van der Waals surface area contributed by atoms with Crippen molar-refractivity contribution in [2.24, 2.45) is 5.11 Å². The first-order chi connectivity index (χ1) is 21.0. The zero-order valence-electron chi connectivity index (χ0n) is 23.4. The first kappa shape index (κ1) is 25.5. The molecule has 7 nitrogen and oxygen atoms in total. The molecule has 0 saturated heterocycles. The molecule has 0 bridgehead atoms. The van der Waals surface area contributed by atoms with Crippen molar-refractivity contribution in [3.05, 3.63) is 141 Å². The lowest BCUT2D eigenvalue weighted by Gasteiger charge is -2.38. The second-order valence-electron chi connectivity index (χ2n) is 11.3. The van der Waals surface area contributed by atoms with Crippen LogP contribution in [-0.4, -0.2) is 18.4 Å². The number of hydrogen-bond donors (Lipinski definition) is 1. The van der Waals surface area contributed by atoms with Crippen LogP contribution in [-0.2, 0) is 17.6 Å². The second-order valence-corrected chi connectivity index (χ2v) is 11.3. The third-order valence-electron chi connectivity index (χ3n) is 8.90. The third kappa shape index (κ3) is 3.69. The summed E-state index contributed by atoms with van der Waals surface area (Å²) in [6, 6.07) is 30.2. The quantitative estimate of drug-likeness (QED) is 0.133. The summed E-state index contributed by atoms with van der Waals surface area (Å²) in [6.45, 7) is 2.44. The normalized spacial score (nSPS) is 20.7. The molecule has 5 aromatic carbocycles. The Bertz CT molecular complexity index is 2010. The van der Waals surface area contributed by atoms with E-state index in [1.165, 1.54) is 0 Å². The molecule has 0 aromatic heterocycles. The molecule has 210 valence electrons. The summed E-state index contributed by atoms with van der Waals surface area (Å²) in [6.07, 6.45) is 5.03. The molecule has 2 heterocycles. The molecule has 2 unspecified atom stereocenters. The molecule has 8 rings (SSSR count). The summed E-state index contributed by atoms with van der Waals surface area (Å²) in [4.78, 5) is 2.75. The van der Waals surface area contributed by atoms with Gasteiger partial charge in [-0.1, -0.05) is 77.9 Å². The molecule has 1 aliphatic carbocycles. The summed E-state index contributed by atoms with van der Waals surface area (Å²) >= 11 is 0. The van der Waals surface area contributed by atoms with E-state index in [0.717, 1.165) is 67.5 Å². The molecule has 2 atom stereocenters. The minimum absolute atomic E-state index is 0.0880. The van der Waals surface area contributed by atoms with Crippen molar-refractivity contribution in [2.45, 2.75) is 24.5 Å². The van der Waals surface area contributed by atoms with Gasteiger partial charge in [-0.05, 0) is 70.4 Å². The van der Waals surface area contributed by atoms with Gasteiger partial charge in [-0.2, -0.15) is 0 Å². The van der Waals surface area contributed by atoms with Crippen LogP contribution in [0.3, 0.4) is 0 Å². The third-order valence-corrected chi connectivity index (χ3v) is 8.90. The molecule has 43 heavy (non-hydrogen) atoms. The standard InChI is InChI=1S/C36H27N3O4/c1-35(40)30-10-6-5-9-26(30)32-28-19-22-16-18-41-31(22)20-29(28)34-27(33(32)35)15-17-36(43-34,23-7-3-2-4-8-23)24-11-13-25(14-12-24)42-21-38-39-37/h2-15,17,19-20,40H,16,18,21H2,1H3. The van der Waals surface area contributed by atoms with E-state index in [4.69, 9.17) is 19.7 Å². The van der Waals surface area contributed by atoms with E-state index in [1.54, 1.807) is 0 Å². The monoisotopic (exact) mass is 565 g/mol. The highest BCUT2D eigenvalue weighted by Crippen LogP contribution is 2.58. The van der Waals surface area contributed by atoms with E-state index in [0.29, 0.717) is 18.1 Å². The molecule has 5 aromatic rings. The summed E-state index contributed by atoms with van der Waals surface area (Å²) in [5.74, 6) is 2.16. The Morgan fingerprint density at radius 1 is 0.953 bits per heavy atom. The van der Waals surface area contributed by atoms with Gasteiger partial charge in [-0.25, -0.2) is 0 Å². The molecular weight excluding hydrogens is 538 g/mol. The van der Waals surface area contributed by atoms with Gasteiger partial charge in [-0.15, -0.1) is 0 Å². The van der Waals surface area contributed by atoms with Crippen LogP contribution >= 0.6 is 0 Å². The molecule has 2 aliphatic heterocycles. The molecule has 7 heteroatoms. The summed E-state index contributed by atoms with van der Waals surface area (Å²) in [5.41, 5.74) is 14.2. The number of hydrogen-bond acceptors (Lipinski definition) is 5. The van der Waals surface area contributed by atoms with Crippen LogP contribution in [0.1, 0.15) is 40.3 Å². The van der Waals surface area contributed by atoms with Gasteiger partial charge in [0, 0.05) is 39.0 Å². The number of azide groups is 1. The predicted molar refractivity (Wildman–Crippen MR) is 165 cm³/mol. The Morgan fingerprint density at radius 2 is 1.72 bits per heavy atom. The molecule has 3 aliphatic rings. The molecule has 0 spiro atoms. The van der Waals surface area contributed by atoms with Crippen molar-refractivity contribution in [2.75, 3.05) is 13.3 Å². The lowest BCUT2D eigenvalue weighted by atomic mass is 9.80. The van der Waals surface area contributed by atoms with Crippen molar-refractivity contribution < 1.29 is 19.3 Å². The van der Waals surface area contributed by atoms with E-state index < -0.39 is 11.2 Å². The van der Waals surface area contributed by atoms with Crippen molar-refractivity contribution in [3.8, 4) is 28.4 Å². The minimum atomic E-state index is -1.20. The van der Waals surface area contributed by atoms with Gasteiger partial charge in [0.25, 0.3) is 0 Å². The number of aliphatic hydroxyl groups is 1. The fourth-order valence-corrected chi connectivity index (χ4v) is 6.95. The number of ether oxygens (including phenoxy) is 3. The van der Waals surface area contributed by atoms with Crippen LogP contribution in [0.15, 0.2) is 102 Å². The van der Waals surface area contributed by atoms with Crippen LogP contribution in [0.25, 0.3) is 38.4 Å². The first-order valence-electron chi connectivity index (χ1n) is 14.3. The minimum Gasteiger partial charge on any atom is -0.493 e. The highest BCUT2D eigenvalue weighted by molar-refractivity contribution is 6.09. The topological polar surface area (TPSA) is 96.7 Å². The van der Waals surface area contributed by atoms with E-state index in [9.17, 15) is 5.11 Å². The molecule has 0 saturated carbocycles. The van der Waals surface area contributed by atoms with Crippen LogP contribution < -0.4 is 14.2 Å². The second kappa shape index (κ2) is 9.39. The maximum atomic E-state index is 12.1. The van der Waals surface area contributed by atoms with E-state index >= 15 is 0 Å². The smallest absolute Gasteiger partial charge is 0.178 e. The highest BCUT2D eigenvalue weighted by Gasteiger charge is 2.45. The fourth-order valence-electron chi connectivity index (χ4n) is 6.95. The number of rotatable bonds is 5. The lowest BCUT2D eigenvalue weighted by Crippen LogP contribution is -2.35.